The zero-order valence-electron chi connectivity index (χ0n) is 10.2. The first-order chi connectivity index (χ1) is 8.21. The Morgan fingerprint density at radius 1 is 1.47 bits per heavy atom. The van der Waals surface area contributed by atoms with Gasteiger partial charge in [0.1, 0.15) is 5.02 Å². The van der Waals surface area contributed by atoms with Crippen LogP contribution in [0.25, 0.3) is 0 Å². The van der Waals surface area contributed by atoms with Crippen LogP contribution < -0.4 is 10.6 Å². The number of rotatable bonds is 7. The van der Waals surface area contributed by atoms with Crippen LogP contribution in [-0.2, 0) is 9.47 Å². The molecule has 1 aromatic heterocycles. The van der Waals surface area contributed by atoms with E-state index in [4.69, 9.17) is 21.1 Å². The lowest BCUT2D eigenvalue weighted by Crippen LogP contribution is -2.27. The molecule has 0 radical (unpaired) electrons. The van der Waals surface area contributed by atoms with Crippen molar-refractivity contribution in [3.05, 3.63) is 11.2 Å². The van der Waals surface area contributed by atoms with E-state index in [1.807, 2.05) is 0 Å². The number of aromatic nitrogens is 2. The monoisotopic (exact) mass is 260 g/mol. The molecule has 0 saturated carbocycles. The van der Waals surface area contributed by atoms with E-state index in [1.54, 1.807) is 27.5 Å². The average molecular weight is 261 g/mol. The highest BCUT2D eigenvalue weighted by atomic mass is 35.5. The van der Waals surface area contributed by atoms with Gasteiger partial charge in [-0.3, -0.25) is 0 Å². The van der Waals surface area contributed by atoms with E-state index in [0.29, 0.717) is 29.9 Å². The summed E-state index contributed by atoms with van der Waals surface area (Å²) >= 11 is 5.97. The first-order valence-corrected chi connectivity index (χ1v) is 5.55. The predicted octanol–water partition coefficient (Wildman–Crippen LogP) is 1.24. The normalized spacial score (nSPS) is 12.2. The molecule has 0 spiro atoms. The molecule has 17 heavy (non-hydrogen) atoms. The smallest absolute Gasteiger partial charge is 0.224 e. The van der Waals surface area contributed by atoms with Gasteiger partial charge in [-0.25, -0.2) is 4.98 Å². The molecular formula is C10H17ClN4O2. The van der Waals surface area contributed by atoms with Gasteiger partial charge >= 0.3 is 0 Å². The summed E-state index contributed by atoms with van der Waals surface area (Å²) in [4.78, 5) is 8.19. The lowest BCUT2D eigenvalue weighted by Gasteiger charge is -2.16. The van der Waals surface area contributed by atoms with E-state index in [1.165, 1.54) is 0 Å². The summed E-state index contributed by atoms with van der Waals surface area (Å²) in [7, 11) is 5.00. The number of hydrogen-bond acceptors (Lipinski definition) is 6. The van der Waals surface area contributed by atoms with Crippen LogP contribution >= 0.6 is 11.6 Å². The molecule has 0 saturated heterocycles. The molecule has 0 aliphatic carbocycles. The highest BCUT2D eigenvalue weighted by Crippen LogP contribution is 2.19. The molecule has 96 valence electrons. The molecule has 0 bridgehead atoms. The lowest BCUT2D eigenvalue weighted by molar-refractivity contribution is 0.0365. The minimum atomic E-state index is -0.0518. The molecule has 0 aliphatic heterocycles. The Morgan fingerprint density at radius 2 is 2.24 bits per heavy atom. The fourth-order valence-corrected chi connectivity index (χ4v) is 1.38. The van der Waals surface area contributed by atoms with Crippen LogP contribution in [0.4, 0.5) is 11.8 Å². The van der Waals surface area contributed by atoms with Gasteiger partial charge < -0.3 is 20.1 Å². The van der Waals surface area contributed by atoms with E-state index in [0.717, 1.165) is 0 Å². The maximum Gasteiger partial charge on any atom is 0.224 e. The van der Waals surface area contributed by atoms with Crippen LogP contribution in [0.15, 0.2) is 6.20 Å². The zero-order valence-corrected chi connectivity index (χ0v) is 10.9. The minimum Gasteiger partial charge on any atom is -0.382 e. The van der Waals surface area contributed by atoms with E-state index in [9.17, 15) is 0 Å². The van der Waals surface area contributed by atoms with Gasteiger partial charge in [-0.1, -0.05) is 11.6 Å². The number of anilines is 2. The van der Waals surface area contributed by atoms with Crippen molar-refractivity contribution < 1.29 is 9.47 Å². The SMILES string of the molecule is CNc1ncc(Cl)c(NCC(COC)OC)n1. The molecule has 1 atom stereocenters. The van der Waals surface area contributed by atoms with Gasteiger partial charge in [0.25, 0.3) is 0 Å². The van der Waals surface area contributed by atoms with Crippen molar-refractivity contribution in [1.29, 1.82) is 0 Å². The molecule has 7 heteroatoms. The maximum atomic E-state index is 5.97. The van der Waals surface area contributed by atoms with Gasteiger partial charge in [0, 0.05) is 27.8 Å². The second kappa shape index (κ2) is 7.26. The fourth-order valence-electron chi connectivity index (χ4n) is 1.22. The molecular weight excluding hydrogens is 244 g/mol. The quantitative estimate of drug-likeness (QED) is 0.769. The van der Waals surface area contributed by atoms with Crippen molar-refractivity contribution in [3.8, 4) is 0 Å². The first-order valence-electron chi connectivity index (χ1n) is 5.17. The lowest BCUT2D eigenvalue weighted by atomic mass is 10.3. The summed E-state index contributed by atoms with van der Waals surface area (Å²) in [6, 6.07) is 0. The van der Waals surface area contributed by atoms with Crippen LogP contribution in [0.2, 0.25) is 5.02 Å². The molecule has 1 unspecified atom stereocenters. The van der Waals surface area contributed by atoms with E-state index in [2.05, 4.69) is 20.6 Å². The van der Waals surface area contributed by atoms with Gasteiger partial charge in [-0.15, -0.1) is 0 Å². The third-order valence-corrected chi connectivity index (χ3v) is 2.43. The molecule has 2 N–H and O–H groups in total. The predicted molar refractivity (Wildman–Crippen MR) is 67.8 cm³/mol. The summed E-state index contributed by atoms with van der Waals surface area (Å²) < 4.78 is 10.2. The first kappa shape index (κ1) is 14.0. The second-order valence-electron chi connectivity index (χ2n) is 3.33. The van der Waals surface area contributed by atoms with Gasteiger partial charge in [0.15, 0.2) is 5.82 Å². The molecule has 0 amide bonds. The van der Waals surface area contributed by atoms with Crippen LogP contribution in [0.1, 0.15) is 0 Å². The highest BCUT2D eigenvalue weighted by Gasteiger charge is 2.09. The van der Waals surface area contributed by atoms with E-state index in [-0.39, 0.29) is 6.10 Å². The van der Waals surface area contributed by atoms with Crippen molar-refractivity contribution in [3.63, 3.8) is 0 Å². The number of halogens is 1. The van der Waals surface area contributed by atoms with Crippen LogP contribution in [0.5, 0.6) is 0 Å². The van der Waals surface area contributed by atoms with Crippen molar-refractivity contribution in [2.24, 2.45) is 0 Å². The summed E-state index contributed by atoms with van der Waals surface area (Å²) in [6.45, 7) is 1.06. The van der Waals surface area contributed by atoms with Crippen molar-refractivity contribution in [2.45, 2.75) is 6.10 Å². The Morgan fingerprint density at radius 3 is 2.82 bits per heavy atom. The van der Waals surface area contributed by atoms with Crippen LogP contribution in [-0.4, -0.2) is 50.5 Å². The third kappa shape index (κ3) is 4.33. The molecule has 0 fully saturated rings. The largest absolute Gasteiger partial charge is 0.382 e. The fraction of sp³-hybridized carbons (Fsp3) is 0.600. The topological polar surface area (TPSA) is 68.3 Å². The second-order valence-corrected chi connectivity index (χ2v) is 3.74. The van der Waals surface area contributed by atoms with E-state index >= 15 is 0 Å². The molecule has 0 aliphatic rings. The van der Waals surface area contributed by atoms with Crippen molar-refractivity contribution in [1.82, 2.24) is 9.97 Å². The summed E-state index contributed by atoms with van der Waals surface area (Å²) in [5.74, 6) is 1.08. The maximum absolute atomic E-state index is 5.97. The highest BCUT2D eigenvalue weighted by molar-refractivity contribution is 6.32. The van der Waals surface area contributed by atoms with Crippen molar-refractivity contribution >= 4 is 23.4 Å². The summed E-state index contributed by atoms with van der Waals surface area (Å²) in [6.07, 6.45) is 1.49. The number of ether oxygens (including phenoxy) is 2. The van der Waals surface area contributed by atoms with Crippen molar-refractivity contribution in [2.75, 3.05) is 45.1 Å². The average Bonchev–Trinajstić information content (AvgIpc) is 2.36. The molecule has 1 aromatic rings. The Labute approximate surface area is 106 Å². The standard InChI is InChI=1S/C10H17ClN4O2/c1-12-10-14-5-8(11)9(15-10)13-4-7(17-3)6-16-2/h5,7H,4,6H2,1-3H3,(H2,12,13,14,15). The third-order valence-electron chi connectivity index (χ3n) is 2.15. The zero-order chi connectivity index (χ0) is 12.7. The molecule has 1 heterocycles. The number of hydrogen-bond donors (Lipinski definition) is 2. The van der Waals surface area contributed by atoms with Gasteiger partial charge in [-0.05, 0) is 0 Å². The number of nitrogens with one attached hydrogen (secondary N) is 2. The van der Waals surface area contributed by atoms with Crippen LogP contribution in [0.3, 0.4) is 0 Å². The van der Waals surface area contributed by atoms with Gasteiger partial charge in [0.05, 0.1) is 18.9 Å². The Hall–Kier alpha value is -1.11. The summed E-state index contributed by atoms with van der Waals surface area (Å²) in [5.41, 5.74) is 0. The van der Waals surface area contributed by atoms with E-state index < -0.39 is 0 Å². The Balaban J connectivity index is 2.60. The Bertz CT molecular complexity index is 351. The molecule has 1 rings (SSSR count). The Kier molecular flexibility index (Phi) is 5.96. The molecule has 0 aromatic carbocycles. The summed E-state index contributed by atoms with van der Waals surface area (Å²) in [5, 5.41) is 6.41. The number of methoxy groups -OCH3 is 2. The number of nitrogens with zero attached hydrogens (tertiary/aromatic N) is 2. The van der Waals surface area contributed by atoms with Crippen LogP contribution in [0, 0.1) is 0 Å². The van der Waals surface area contributed by atoms with Gasteiger partial charge in [0.2, 0.25) is 5.95 Å². The molecule has 6 nitrogen and oxygen atoms in total. The minimum absolute atomic E-state index is 0.0518. The van der Waals surface area contributed by atoms with Gasteiger partial charge in [-0.2, -0.15) is 4.98 Å².